The van der Waals surface area contributed by atoms with Gasteiger partial charge < -0.3 is 33.4 Å². The summed E-state index contributed by atoms with van der Waals surface area (Å²) in [7, 11) is -4.68. The maximum Gasteiger partial charge on any atom is 0.243 e. The molecule has 0 bridgehead atoms. The van der Waals surface area contributed by atoms with Gasteiger partial charge >= 0.3 is 0 Å². The molecule has 5 rings (SSSR count). The number of fused-ring (bicyclic) bond motifs is 1. The number of hydrogen-bond acceptors (Lipinski definition) is 9. The van der Waals surface area contributed by atoms with Crippen molar-refractivity contribution in [1.29, 1.82) is 0 Å². The highest BCUT2D eigenvalue weighted by Crippen LogP contribution is 2.47. The van der Waals surface area contributed by atoms with Crippen molar-refractivity contribution in [3.05, 3.63) is 89.0 Å². The van der Waals surface area contributed by atoms with Crippen LogP contribution in [-0.4, -0.2) is 97.6 Å². The van der Waals surface area contributed by atoms with Crippen LogP contribution in [0.25, 0.3) is 0 Å². The van der Waals surface area contributed by atoms with Gasteiger partial charge in [-0.25, -0.2) is 8.42 Å². The Morgan fingerprint density at radius 2 is 1.48 bits per heavy atom. The van der Waals surface area contributed by atoms with Crippen molar-refractivity contribution in [2.45, 2.75) is 128 Å². The molecule has 1 saturated heterocycles. The quantitative estimate of drug-likeness (QED) is 0.0884. The average Bonchev–Trinajstić information content (AvgIpc) is 3.19. The molecule has 3 aromatic rings. The molecule has 0 radical (unpaired) electrons. The van der Waals surface area contributed by atoms with Gasteiger partial charge in [0.1, 0.15) is 12.4 Å². The fraction of sp³-hybridized carbons (Fsp3) is 0.609. The van der Waals surface area contributed by atoms with E-state index < -0.39 is 36.7 Å². The predicted molar refractivity (Wildman–Crippen MR) is 235 cm³/mol. The van der Waals surface area contributed by atoms with Crippen LogP contribution < -0.4 is 9.64 Å². The third kappa shape index (κ3) is 10.9. The van der Waals surface area contributed by atoms with Gasteiger partial charge in [0.15, 0.2) is 0 Å². The summed E-state index contributed by atoms with van der Waals surface area (Å²) >= 11 is 0. The van der Waals surface area contributed by atoms with Gasteiger partial charge in [-0.1, -0.05) is 96.5 Å². The number of benzene rings is 3. The van der Waals surface area contributed by atoms with E-state index >= 15 is 0 Å². The lowest BCUT2D eigenvalue weighted by molar-refractivity contribution is -0.0505. The van der Waals surface area contributed by atoms with Crippen LogP contribution in [0.3, 0.4) is 0 Å². The number of aryl methyl sites for hydroxylation is 1. The van der Waals surface area contributed by atoms with Crippen LogP contribution in [0, 0.1) is 12.8 Å². The molecule has 2 aliphatic rings. The Kier molecular flexibility index (Phi) is 16.5. The number of methoxy groups -OCH3 is 1. The number of hydrogen-bond donors (Lipinski definition) is 1. The van der Waals surface area contributed by atoms with Gasteiger partial charge in [-0.3, -0.25) is 0 Å². The number of anilines is 1. The zero-order valence-corrected chi connectivity index (χ0v) is 38.5. The largest absolute Gasteiger partial charge is 0.490 e. The van der Waals surface area contributed by atoms with Gasteiger partial charge in [0, 0.05) is 45.2 Å². The first-order valence-corrected chi connectivity index (χ1v) is 24.9. The summed E-state index contributed by atoms with van der Waals surface area (Å²) in [5.41, 5.74) is 5.99. The van der Waals surface area contributed by atoms with Gasteiger partial charge in [-0.2, -0.15) is 4.31 Å². The van der Waals surface area contributed by atoms with Gasteiger partial charge in [-0.05, 0) is 77.8 Å². The van der Waals surface area contributed by atoms with Crippen molar-refractivity contribution in [2.75, 3.05) is 58.0 Å². The molecule has 322 valence electrons. The molecule has 0 spiro atoms. The minimum absolute atomic E-state index is 0.0325. The van der Waals surface area contributed by atoms with Crippen LogP contribution >= 0.6 is 0 Å². The Morgan fingerprint density at radius 3 is 2.10 bits per heavy atom. The summed E-state index contributed by atoms with van der Waals surface area (Å²) in [6.45, 7) is 23.9. The number of piperidine rings is 1. The first kappa shape index (κ1) is 46.3. The molecule has 0 unspecified atom stereocenters. The number of nitrogens with zero attached hydrogens (tertiary/aromatic N) is 2. The van der Waals surface area contributed by atoms with Gasteiger partial charge in [-0.15, -0.1) is 0 Å². The zero-order chi connectivity index (χ0) is 42.2. The van der Waals surface area contributed by atoms with Crippen molar-refractivity contribution in [3.63, 3.8) is 0 Å². The standard InChI is InChI=1S/C46H70N2O8SSi/c1-32(2)58(33(3)4,34(5)6)56-45-28-48(57(50,51)41-19-12-35(7)13-20-41)27-44(46(45)40-17-14-38(15-18-40)30-53-29-36(8)37(9)49)55-31-39-16-21-43-42(26-39)47(23-25-54-43)22-11-24-52-10/h12-21,26,32-34,36-37,44-46,49H,11,22-25,27-31H2,1-10H3/t36-,37+,44+,45-,46-/m1/s1. The average molecular weight is 839 g/mol. The fourth-order valence-corrected chi connectivity index (χ4v) is 16.0. The van der Waals surface area contributed by atoms with Crippen LogP contribution in [-0.2, 0) is 41.9 Å². The second-order valence-electron chi connectivity index (χ2n) is 17.4. The van der Waals surface area contributed by atoms with E-state index in [1.54, 1.807) is 30.5 Å². The summed E-state index contributed by atoms with van der Waals surface area (Å²) in [6.07, 6.45) is -0.506. The molecule has 0 saturated carbocycles. The van der Waals surface area contributed by atoms with Crippen molar-refractivity contribution < 1.29 is 36.9 Å². The number of ether oxygens (including phenoxy) is 4. The lowest BCUT2D eigenvalue weighted by Gasteiger charge is -2.50. The van der Waals surface area contributed by atoms with E-state index in [1.165, 1.54) is 0 Å². The molecule has 58 heavy (non-hydrogen) atoms. The normalized spacial score (nSPS) is 20.4. The van der Waals surface area contributed by atoms with Crippen LogP contribution in [0.15, 0.2) is 71.6 Å². The SMILES string of the molecule is COCCCN1CCOc2ccc(CO[C@H]3CN(S(=O)(=O)c4ccc(C)cc4)C[C@@H](O[Si](C(C)C)(C(C)C)C(C)C)[C@@H]3c3ccc(COC[C@@H](C)[C@H](C)O)cc3)cc21. The number of rotatable bonds is 20. The Bertz CT molecular complexity index is 1820. The van der Waals surface area contributed by atoms with Crippen molar-refractivity contribution >= 4 is 24.0 Å². The predicted octanol–water partition coefficient (Wildman–Crippen LogP) is 8.70. The minimum Gasteiger partial charge on any atom is -0.490 e. The molecular formula is C46H70N2O8SSi. The molecule has 2 aliphatic heterocycles. The third-order valence-corrected chi connectivity index (χ3v) is 20.3. The molecule has 1 N–H and O–H groups in total. The van der Waals surface area contributed by atoms with E-state index in [4.69, 9.17) is 23.4 Å². The first-order valence-electron chi connectivity index (χ1n) is 21.3. The summed E-state index contributed by atoms with van der Waals surface area (Å²) in [5.74, 6) is 0.642. The lowest BCUT2D eigenvalue weighted by atomic mass is 9.85. The Morgan fingerprint density at radius 1 is 0.845 bits per heavy atom. The second-order valence-corrected chi connectivity index (χ2v) is 24.8. The maximum absolute atomic E-state index is 14.6. The van der Waals surface area contributed by atoms with Crippen LogP contribution in [0.4, 0.5) is 5.69 Å². The van der Waals surface area contributed by atoms with Crippen molar-refractivity contribution in [2.24, 2.45) is 5.92 Å². The van der Waals surface area contributed by atoms with E-state index in [9.17, 15) is 13.5 Å². The topological polar surface area (TPSA) is 107 Å². The molecule has 1 fully saturated rings. The number of aliphatic hydroxyl groups is 1. The second kappa shape index (κ2) is 20.6. The van der Waals surface area contributed by atoms with E-state index in [0.29, 0.717) is 49.7 Å². The van der Waals surface area contributed by atoms with Crippen molar-refractivity contribution in [1.82, 2.24) is 4.31 Å². The molecule has 0 aromatic heterocycles. The van der Waals surface area contributed by atoms with Crippen molar-refractivity contribution in [3.8, 4) is 5.75 Å². The van der Waals surface area contributed by atoms with Crippen LogP contribution in [0.5, 0.6) is 5.75 Å². The van der Waals surface area contributed by atoms with E-state index in [2.05, 4.69) is 76.8 Å². The Labute approximate surface area is 350 Å². The number of sulfonamides is 1. The van der Waals surface area contributed by atoms with E-state index in [-0.39, 0.29) is 29.8 Å². The molecule has 2 heterocycles. The molecule has 10 nitrogen and oxygen atoms in total. The van der Waals surface area contributed by atoms with Gasteiger partial charge in [0.2, 0.25) is 18.3 Å². The van der Waals surface area contributed by atoms with E-state index in [1.807, 2.05) is 38.1 Å². The zero-order valence-electron chi connectivity index (χ0n) is 36.6. The summed E-state index contributed by atoms with van der Waals surface area (Å²) in [6, 6.07) is 21.8. The highest BCUT2D eigenvalue weighted by molar-refractivity contribution is 7.89. The van der Waals surface area contributed by atoms with E-state index in [0.717, 1.165) is 53.2 Å². The molecule has 12 heteroatoms. The Balaban J connectivity index is 1.55. The first-order chi connectivity index (χ1) is 27.6. The van der Waals surface area contributed by atoms with Gasteiger partial charge in [0.05, 0.1) is 55.3 Å². The maximum atomic E-state index is 14.6. The highest BCUT2D eigenvalue weighted by atomic mass is 32.2. The lowest BCUT2D eigenvalue weighted by Crippen LogP contribution is -2.59. The summed E-state index contributed by atoms with van der Waals surface area (Å²) in [4.78, 5) is 2.61. The minimum atomic E-state index is -3.89. The smallest absolute Gasteiger partial charge is 0.243 e. The fourth-order valence-electron chi connectivity index (χ4n) is 8.95. The van der Waals surface area contributed by atoms with Gasteiger partial charge in [0.25, 0.3) is 0 Å². The highest BCUT2D eigenvalue weighted by Gasteiger charge is 2.51. The van der Waals surface area contributed by atoms with Crippen LogP contribution in [0.1, 0.15) is 90.0 Å². The number of aliphatic hydroxyl groups excluding tert-OH is 1. The molecule has 0 amide bonds. The summed E-state index contributed by atoms with van der Waals surface area (Å²) in [5, 5.41) is 9.94. The summed E-state index contributed by atoms with van der Waals surface area (Å²) < 4.78 is 62.8. The third-order valence-electron chi connectivity index (χ3n) is 12.4. The Hall–Kier alpha value is -2.81. The van der Waals surface area contributed by atoms with Crippen LogP contribution in [0.2, 0.25) is 16.6 Å². The molecule has 5 atom stereocenters. The monoisotopic (exact) mass is 838 g/mol. The molecule has 3 aromatic carbocycles. The molecular weight excluding hydrogens is 769 g/mol. The molecule has 0 aliphatic carbocycles.